The van der Waals surface area contributed by atoms with Gasteiger partial charge in [0.1, 0.15) is 0 Å². The summed E-state index contributed by atoms with van der Waals surface area (Å²) in [5.41, 5.74) is 8.04. The molecular weight excluding hydrogens is 302 g/mol. The number of amides is 1. The van der Waals surface area contributed by atoms with Gasteiger partial charge in [-0.15, -0.1) is 0 Å². The molecule has 0 aromatic heterocycles. The maximum absolute atomic E-state index is 10.8. The van der Waals surface area contributed by atoms with Crippen LogP contribution in [0.4, 0.5) is 4.79 Å². The van der Waals surface area contributed by atoms with Crippen LogP contribution in [0.2, 0.25) is 0 Å². The zero-order chi connectivity index (χ0) is 17.7. The normalized spacial score (nSPS) is 10.4. The number of ether oxygens (including phenoxy) is 1. The summed E-state index contributed by atoms with van der Waals surface area (Å²) < 4.78 is 4.74. The first kappa shape index (κ1) is 22.8. The fourth-order valence-corrected chi connectivity index (χ4v) is 2.88. The number of rotatable bonds is 17. The molecule has 1 amide bonds. The van der Waals surface area contributed by atoms with E-state index in [4.69, 9.17) is 10.3 Å². The Hall–Kier alpha value is -1.22. The number of carbonyl (C=O) groups is 1. The maximum atomic E-state index is 10.8. The molecule has 5 nitrogen and oxygen atoms in total. The first-order valence-corrected chi connectivity index (χ1v) is 10.0. The van der Waals surface area contributed by atoms with Gasteiger partial charge in [0.15, 0.2) is 0 Å². The summed E-state index contributed by atoms with van der Waals surface area (Å²) in [4.78, 5) is 13.1. The number of hydrogen-bond acceptors (Lipinski definition) is 2. The number of nitrogens with zero attached hydrogens (tertiary/aromatic N) is 3. The molecule has 0 aliphatic carbocycles. The standard InChI is InChI=1S/C19H37N3O2/c1-2-3-4-5-6-7-8-9-10-11-12-13-14-15-16-17-18-24-19(23)21-22-20/h2-18H2,1H3. The fraction of sp³-hybridized carbons (Fsp3) is 0.947. The highest BCUT2D eigenvalue weighted by molar-refractivity contribution is 5.67. The molecule has 0 aliphatic heterocycles. The van der Waals surface area contributed by atoms with Crippen LogP contribution < -0.4 is 0 Å². The van der Waals surface area contributed by atoms with Crippen LogP contribution >= 0.6 is 0 Å². The lowest BCUT2D eigenvalue weighted by Crippen LogP contribution is -1.99. The Kier molecular flexibility index (Phi) is 18.8. The van der Waals surface area contributed by atoms with Crippen LogP contribution in [0, 0.1) is 0 Å². The maximum Gasteiger partial charge on any atom is 0.396 e. The highest BCUT2D eigenvalue weighted by Crippen LogP contribution is 2.13. The molecule has 0 spiro atoms. The van der Waals surface area contributed by atoms with Gasteiger partial charge in [-0.05, 0) is 12.0 Å². The Balaban J connectivity index is 3.05. The van der Waals surface area contributed by atoms with Crippen LogP contribution in [0.25, 0.3) is 10.4 Å². The third-order valence-electron chi connectivity index (χ3n) is 4.35. The Labute approximate surface area is 148 Å². The van der Waals surface area contributed by atoms with E-state index < -0.39 is 6.09 Å². The minimum Gasteiger partial charge on any atom is -0.461 e. The highest BCUT2D eigenvalue weighted by atomic mass is 16.5. The van der Waals surface area contributed by atoms with Gasteiger partial charge < -0.3 is 4.74 Å². The topological polar surface area (TPSA) is 75.1 Å². The Morgan fingerprint density at radius 2 is 1.12 bits per heavy atom. The molecule has 0 bridgehead atoms. The zero-order valence-corrected chi connectivity index (χ0v) is 15.7. The second kappa shape index (κ2) is 19.8. The predicted molar refractivity (Wildman–Crippen MR) is 100 cm³/mol. The SMILES string of the molecule is CCCCCCCCCCCCCCCCCCOC(=O)N=[N+]=[N-]. The van der Waals surface area contributed by atoms with E-state index in [1.54, 1.807) is 0 Å². The van der Waals surface area contributed by atoms with Crippen LogP contribution in [0.5, 0.6) is 0 Å². The number of azide groups is 1. The molecule has 0 saturated carbocycles. The molecule has 0 atom stereocenters. The number of carbonyl (C=O) groups excluding carboxylic acids is 1. The first-order chi connectivity index (χ1) is 11.8. The summed E-state index contributed by atoms with van der Waals surface area (Å²) in [5, 5.41) is 2.85. The van der Waals surface area contributed by atoms with Crippen molar-refractivity contribution < 1.29 is 9.53 Å². The van der Waals surface area contributed by atoms with Crippen LogP contribution in [-0.4, -0.2) is 12.7 Å². The monoisotopic (exact) mass is 339 g/mol. The van der Waals surface area contributed by atoms with Gasteiger partial charge in [-0.1, -0.05) is 103 Å². The quantitative estimate of drug-likeness (QED) is 0.118. The van der Waals surface area contributed by atoms with Crippen LogP contribution in [0.3, 0.4) is 0 Å². The molecule has 0 unspecified atom stereocenters. The second-order valence-electron chi connectivity index (χ2n) is 6.61. The molecule has 0 heterocycles. The van der Waals surface area contributed by atoms with Crippen molar-refractivity contribution in [1.29, 1.82) is 0 Å². The summed E-state index contributed by atoms with van der Waals surface area (Å²) in [6.07, 6.45) is 20.3. The smallest absolute Gasteiger partial charge is 0.396 e. The molecule has 0 radical (unpaired) electrons. The largest absolute Gasteiger partial charge is 0.461 e. The van der Waals surface area contributed by atoms with Crippen molar-refractivity contribution in [1.82, 2.24) is 0 Å². The van der Waals surface area contributed by atoms with E-state index in [0.29, 0.717) is 6.61 Å². The fourth-order valence-electron chi connectivity index (χ4n) is 2.88. The summed E-state index contributed by atoms with van der Waals surface area (Å²) in [6.45, 7) is 2.63. The van der Waals surface area contributed by atoms with Crippen molar-refractivity contribution >= 4 is 6.09 Å². The van der Waals surface area contributed by atoms with E-state index in [-0.39, 0.29) is 0 Å². The third kappa shape index (κ3) is 18.8. The van der Waals surface area contributed by atoms with E-state index >= 15 is 0 Å². The van der Waals surface area contributed by atoms with Crippen LogP contribution in [0.1, 0.15) is 110 Å². The summed E-state index contributed by atoms with van der Waals surface area (Å²) >= 11 is 0. The third-order valence-corrected chi connectivity index (χ3v) is 4.35. The molecule has 24 heavy (non-hydrogen) atoms. The number of hydrogen-bond donors (Lipinski definition) is 0. The average Bonchev–Trinajstić information content (AvgIpc) is 2.58. The molecule has 5 heteroatoms. The molecule has 0 rings (SSSR count). The average molecular weight is 340 g/mol. The summed E-state index contributed by atoms with van der Waals surface area (Å²) in [7, 11) is 0. The molecule has 0 N–H and O–H groups in total. The van der Waals surface area contributed by atoms with Gasteiger partial charge in [0.2, 0.25) is 0 Å². The van der Waals surface area contributed by atoms with Crippen molar-refractivity contribution in [2.24, 2.45) is 5.11 Å². The van der Waals surface area contributed by atoms with Crippen molar-refractivity contribution in [3.05, 3.63) is 10.4 Å². The molecule has 0 aromatic rings. The van der Waals surface area contributed by atoms with Gasteiger partial charge in [0.25, 0.3) is 0 Å². The van der Waals surface area contributed by atoms with Crippen LogP contribution in [0.15, 0.2) is 5.11 Å². The molecule has 0 fully saturated rings. The van der Waals surface area contributed by atoms with Gasteiger partial charge >= 0.3 is 6.09 Å². The van der Waals surface area contributed by atoms with Gasteiger partial charge in [0, 0.05) is 10.0 Å². The first-order valence-electron chi connectivity index (χ1n) is 10.0. The van der Waals surface area contributed by atoms with E-state index in [1.807, 2.05) is 0 Å². The molecule has 0 saturated heterocycles. The van der Waals surface area contributed by atoms with Gasteiger partial charge in [-0.3, -0.25) is 0 Å². The van der Waals surface area contributed by atoms with E-state index in [0.717, 1.165) is 12.8 Å². The lowest BCUT2D eigenvalue weighted by atomic mass is 10.0. The van der Waals surface area contributed by atoms with Crippen molar-refractivity contribution in [3.63, 3.8) is 0 Å². The molecule has 0 aromatic carbocycles. The van der Waals surface area contributed by atoms with Crippen molar-refractivity contribution in [2.75, 3.05) is 6.61 Å². The Morgan fingerprint density at radius 3 is 1.50 bits per heavy atom. The van der Waals surface area contributed by atoms with Gasteiger partial charge in [-0.2, -0.15) is 0 Å². The zero-order valence-electron chi connectivity index (χ0n) is 15.7. The Bertz CT molecular complexity index is 329. The minimum atomic E-state index is -0.821. The number of unbranched alkanes of at least 4 members (excludes halogenated alkanes) is 15. The van der Waals surface area contributed by atoms with Crippen molar-refractivity contribution in [3.8, 4) is 0 Å². The molecular formula is C19H37N3O2. The Morgan fingerprint density at radius 1 is 0.750 bits per heavy atom. The minimum absolute atomic E-state index is 0.357. The predicted octanol–water partition coefficient (Wildman–Crippen LogP) is 7.69. The lowest BCUT2D eigenvalue weighted by molar-refractivity contribution is 0.154. The van der Waals surface area contributed by atoms with Crippen LogP contribution in [-0.2, 0) is 4.74 Å². The highest BCUT2D eigenvalue weighted by Gasteiger charge is 1.97. The summed E-state index contributed by atoms with van der Waals surface area (Å²) in [6, 6.07) is 0. The second-order valence-corrected chi connectivity index (χ2v) is 6.61. The summed E-state index contributed by atoms with van der Waals surface area (Å²) in [5.74, 6) is 0. The molecule has 140 valence electrons. The lowest BCUT2D eigenvalue weighted by Gasteiger charge is -2.04. The van der Waals surface area contributed by atoms with E-state index in [2.05, 4.69) is 16.9 Å². The molecule has 0 aliphatic rings. The van der Waals surface area contributed by atoms with E-state index in [9.17, 15) is 4.79 Å². The van der Waals surface area contributed by atoms with Gasteiger partial charge in [0.05, 0.1) is 6.61 Å². The van der Waals surface area contributed by atoms with Crippen molar-refractivity contribution in [2.45, 2.75) is 110 Å². The van der Waals surface area contributed by atoms with E-state index in [1.165, 1.54) is 89.9 Å². The van der Waals surface area contributed by atoms with Gasteiger partial charge in [-0.25, -0.2) is 4.79 Å².